The normalized spacial score (nSPS) is 29.3. The molecule has 0 saturated carbocycles. The van der Waals surface area contributed by atoms with Gasteiger partial charge >= 0.3 is 0 Å². The predicted molar refractivity (Wildman–Crippen MR) is 89.3 cm³/mol. The van der Waals surface area contributed by atoms with E-state index in [-0.39, 0.29) is 42.9 Å². The van der Waals surface area contributed by atoms with Gasteiger partial charge in [-0.25, -0.2) is 0 Å². The molecule has 2 aliphatic rings. The van der Waals surface area contributed by atoms with Gasteiger partial charge in [0.2, 0.25) is 5.91 Å². The van der Waals surface area contributed by atoms with Gasteiger partial charge in [-0.05, 0) is 38.1 Å². The third-order valence-electron chi connectivity index (χ3n) is 4.13. The van der Waals surface area contributed by atoms with E-state index in [2.05, 4.69) is 17.1 Å². The second-order valence-corrected chi connectivity index (χ2v) is 5.90. The van der Waals surface area contributed by atoms with Gasteiger partial charge in [0.25, 0.3) is 0 Å². The first-order valence-electron chi connectivity index (χ1n) is 7.54. The number of carbonyl (C=O) groups excluding carboxylic acids is 1. The van der Waals surface area contributed by atoms with E-state index in [9.17, 15) is 4.79 Å². The molecule has 2 fully saturated rings. The van der Waals surface area contributed by atoms with E-state index in [4.69, 9.17) is 10.5 Å². The van der Waals surface area contributed by atoms with Crippen LogP contribution in [-0.2, 0) is 9.53 Å². The molecule has 0 spiro atoms. The van der Waals surface area contributed by atoms with Crippen LogP contribution in [-0.4, -0.2) is 55.7 Å². The van der Waals surface area contributed by atoms with Crippen LogP contribution >= 0.6 is 24.8 Å². The molecule has 0 aromatic rings. The molecule has 0 bridgehead atoms. The van der Waals surface area contributed by atoms with Gasteiger partial charge in [0, 0.05) is 26.2 Å². The molecule has 2 heterocycles. The van der Waals surface area contributed by atoms with Crippen LogP contribution in [0.3, 0.4) is 0 Å². The molecule has 0 aromatic heterocycles. The summed E-state index contributed by atoms with van der Waals surface area (Å²) in [6, 6.07) is 0. The van der Waals surface area contributed by atoms with Crippen LogP contribution in [0.2, 0.25) is 0 Å². The van der Waals surface area contributed by atoms with Crippen LogP contribution in [0.15, 0.2) is 0 Å². The summed E-state index contributed by atoms with van der Waals surface area (Å²) in [4.78, 5) is 14.4. The highest BCUT2D eigenvalue weighted by Crippen LogP contribution is 2.19. The molecule has 3 atom stereocenters. The van der Waals surface area contributed by atoms with E-state index in [1.54, 1.807) is 0 Å². The topological polar surface area (TPSA) is 67.6 Å². The summed E-state index contributed by atoms with van der Waals surface area (Å²) in [6.45, 7) is 6.79. The van der Waals surface area contributed by atoms with Crippen molar-refractivity contribution >= 4 is 30.7 Å². The molecule has 0 aromatic carbocycles. The van der Waals surface area contributed by atoms with Crippen LogP contribution in [0.4, 0.5) is 0 Å². The fraction of sp³-hybridized carbons (Fsp3) is 0.929. The van der Waals surface area contributed by atoms with Gasteiger partial charge in [-0.2, -0.15) is 0 Å². The Bertz CT molecular complexity index is 308. The van der Waals surface area contributed by atoms with Crippen molar-refractivity contribution in [3.8, 4) is 0 Å². The molecule has 7 heteroatoms. The minimum Gasteiger partial charge on any atom is -0.364 e. The Kier molecular flexibility index (Phi) is 10.6. The second kappa shape index (κ2) is 10.6. The average Bonchev–Trinajstić information content (AvgIpc) is 2.87. The van der Waals surface area contributed by atoms with Gasteiger partial charge in [0.15, 0.2) is 0 Å². The first-order valence-corrected chi connectivity index (χ1v) is 7.54. The Morgan fingerprint density at radius 3 is 2.71 bits per heavy atom. The number of nitrogens with one attached hydrogen (secondary N) is 1. The van der Waals surface area contributed by atoms with Crippen molar-refractivity contribution < 1.29 is 9.53 Å². The number of halogens is 2. The van der Waals surface area contributed by atoms with E-state index in [0.29, 0.717) is 6.54 Å². The molecule has 0 radical (unpaired) electrons. The van der Waals surface area contributed by atoms with Gasteiger partial charge in [-0.15, -0.1) is 24.8 Å². The zero-order valence-corrected chi connectivity index (χ0v) is 14.4. The number of amides is 1. The van der Waals surface area contributed by atoms with Gasteiger partial charge < -0.3 is 20.7 Å². The van der Waals surface area contributed by atoms with Crippen LogP contribution < -0.4 is 11.1 Å². The molecule has 2 rings (SSSR count). The first kappa shape index (κ1) is 20.9. The number of piperidine rings is 1. The Morgan fingerprint density at radius 1 is 1.33 bits per heavy atom. The zero-order valence-electron chi connectivity index (χ0n) is 12.8. The largest absolute Gasteiger partial charge is 0.364 e. The molecule has 5 nitrogen and oxygen atoms in total. The Hall–Kier alpha value is -0.0700. The second-order valence-electron chi connectivity index (χ2n) is 5.90. The maximum absolute atomic E-state index is 11.9. The summed E-state index contributed by atoms with van der Waals surface area (Å²) in [5, 5.41) is 2.98. The van der Waals surface area contributed by atoms with Crippen molar-refractivity contribution in [2.75, 3.05) is 32.7 Å². The number of rotatable bonds is 5. The fourth-order valence-corrected chi connectivity index (χ4v) is 3.01. The van der Waals surface area contributed by atoms with E-state index in [1.807, 2.05) is 0 Å². The zero-order chi connectivity index (χ0) is 13.7. The lowest BCUT2D eigenvalue weighted by Gasteiger charge is -2.30. The van der Waals surface area contributed by atoms with Crippen molar-refractivity contribution in [3.63, 3.8) is 0 Å². The lowest BCUT2D eigenvalue weighted by atomic mass is 10.0. The summed E-state index contributed by atoms with van der Waals surface area (Å²) in [5.74, 6) is 0.814. The van der Waals surface area contributed by atoms with Gasteiger partial charge in [0.1, 0.15) is 6.10 Å². The molecule has 0 aliphatic carbocycles. The van der Waals surface area contributed by atoms with Crippen LogP contribution in [0, 0.1) is 5.92 Å². The Labute approximate surface area is 140 Å². The minimum atomic E-state index is -0.283. The number of ether oxygens (including phenoxy) is 1. The first-order chi connectivity index (χ1) is 9.19. The van der Waals surface area contributed by atoms with Crippen LogP contribution in [0.5, 0.6) is 0 Å². The number of nitrogens with zero attached hydrogens (tertiary/aromatic N) is 1. The molecule has 21 heavy (non-hydrogen) atoms. The number of carbonyl (C=O) groups is 1. The molecule has 126 valence electrons. The smallest absolute Gasteiger partial charge is 0.249 e. The van der Waals surface area contributed by atoms with Crippen molar-refractivity contribution in [2.24, 2.45) is 11.7 Å². The maximum Gasteiger partial charge on any atom is 0.249 e. The Balaban J connectivity index is 0.00000200. The SMILES string of the molecule is CC1CCCN(CCNC(=O)[C@@H]2CC[C@H](CN)O2)C1.Cl.Cl. The van der Waals surface area contributed by atoms with Crippen molar-refractivity contribution in [2.45, 2.75) is 44.8 Å². The number of hydrogen-bond donors (Lipinski definition) is 2. The fourth-order valence-electron chi connectivity index (χ4n) is 3.01. The quantitative estimate of drug-likeness (QED) is 0.788. The van der Waals surface area contributed by atoms with Crippen LogP contribution in [0.25, 0.3) is 0 Å². The van der Waals surface area contributed by atoms with Gasteiger partial charge in [-0.3, -0.25) is 4.79 Å². The summed E-state index contributed by atoms with van der Waals surface area (Å²) in [7, 11) is 0. The monoisotopic (exact) mass is 341 g/mol. The molecule has 3 N–H and O–H groups in total. The standard InChI is InChI=1S/C14H27N3O2.2ClH/c1-11-3-2-7-17(10-11)8-6-16-14(18)13-5-4-12(9-15)19-13;;/h11-13H,2-10,15H2,1H3,(H,16,18);2*1H/t11?,12-,13+;;/m1../s1. The van der Waals surface area contributed by atoms with Crippen molar-refractivity contribution in [1.29, 1.82) is 0 Å². The Morgan fingerprint density at radius 2 is 2.10 bits per heavy atom. The van der Waals surface area contributed by atoms with Crippen molar-refractivity contribution in [3.05, 3.63) is 0 Å². The molecule has 1 amide bonds. The third kappa shape index (κ3) is 6.70. The highest BCUT2D eigenvalue weighted by Gasteiger charge is 2.29. The molecular weight excluding hydrogens is 313 g/mol. The van der Waals surface area contributed by atoms with E-state index >= 15 is 0 Å². The predicted octanol–water partition coefficient (Wildman–Crippen LogP) is 1.18. The van der Waals surface area contributed by atoms with E-state index in [0.717, 1.165) is 44.9 Å². The lowest BCUT2D eigenvalue weighted by Crippen LogP contribution is -2.42. The highest BCUT2D eigenvalue weighted by atomic mass is 35.5. The maximum atomic E-state index is 11.9. The van der Waals surface area contributed by atoms with Gasteiger partial charge in [0.05, 0.1) is 6.10 Å². The summed E-state index contributed by atoms with van der Waals surface area (Å²) >= 11 is 0. The summed E-state index contributed by atoms with van der Waals surface area (Å²) in [6.07, 6.45) is 4.10. The van der Waals surface area contributed by atoms with Crippen LogP contribution in [0.1, 0.15) is 32.6 Å². The highest BCUT2D eigenvalue weighted by molar-refractivity contribution is 5.85. The summed E-state index contributed by atoms with van der Waals surface area (Å²) in [5.41, 5.74) is 5.54. The molecule has 2 saturated heterocycles. The van der Waals surface area contributed by atoms with E-state index < -0.39 is 0 Å². The van der Waals surface area contributed by atoms with E-state index in [1.165, 1.54) is 12.8 Å². The third-order valence-corrected chi connectivity index (χ3v) is 4.13. The molecule has 1 unspecified atom stereocenters. The number of likely N-dealkylation sites (tertiary alicyclic amines) is 1. The summed E-state index contributed by atoms with van der Waals surface area (Å²) < 4.78 is 5.58. The number of hydrogen-bond acceptors (Lipinski definition) is 4. The molecular formula is C14H29Cl2N3O2. The van der Waals surface area contributed by atoms with Gasteiger partial charge in [-0.1, -0.05) is 6.92 Å². The lowest BCUT2D eigenvalue weighted by molar-refractivity contribution is -0.131. The number of nitrogens with two attached hydrogens (primary N) is 1. The van der Waals surface area contributed by atoms with Crippen molar-refractivity contribution in [1.82, 2.24) is 10.2 Å². The average molecular weight is 342 g/mol. The minimum absolute atomic E-state index is 0. The molecule has 2 aliphatic heterocycles.